The first-order valence-corrected chi connectivity index (χ1v) is 6.83. The normalized spacial score (nSPS) is 11.9. The van der Waals surface area contributed by atoms with Crippen LogP contribution >= 0.6 is 11.3 Å². The summed E-state index contributed by atoms with van der Waals surface area (Å²) < 4.78 is 5.00. The van der Waals surface area contributed by atoms with E-state index in [4.69, 9.17) is 9.84 Å². The Balaban J connectivity index is 2.23. The molecule has 1 atom stereocenters. The van der Waals surface area contributed by atoms with Gasteiger partial charge in [0.25, 0.3) is 5.91 Å². The Labute approximate surface area is 115 Å². The summed E-state index contributed by atoms with van der Waals surface area (Å²) >= 11 is 1.32. The minimum absolute atomic E-state index is 0.0405. The number of nitrogens with one attached hydrogen (secondary N) is 2. The summed E-state index contributed by atoms with van der Waals surface area (Å²) in [6.45, 7) is 2.51. The van der Waals surface area contributed by atoms with Gasteiger partial charge >= 0.3 is 0 Å². The van der Waals surface area contributed by atoms with E-state index < -0.39 is 6.04 Å². The summed E-state index contributed by atoms with van der Waals surface area (Å²) in [5, 5.41) is 15.5. The van der Waals surface area contributed by atoms with Crippen molar-refractivity contribution in [2.75, 3.05) is 26.4 Å². The first-order chi connectivity index (χ1) is 9.15. The van der Waals surface area contributed by atoms with Crippen LogP contribution in [0.2, 0.25) is 0 Å². The van der Waals surface area contributed by atoms with Crippen molar-refractivity contribution in [2.45, 2.75) is 13.0 Å². The third-order valence-corrected chi connectivity index (χ3v) is 3.14. The van der Waals surface area contributed by atoms with Crippen molar-refractivity contribution in [2.24, 2.45) is 0 Å². The van der Waals surface area contributed by atoms with Crippen molar-refractivity contribution in [3.63, 3.8) is 0 Å². The number of amides is 2. The monoisotopic (exact) mass is 286 g/mol. The van der Waals surface area contributed by atoms with Crippen LogP contribution in [0.25, 0.3) is 0 Å². The van der Waals surface area contributed by atoms with Crippen LogP contribution in [0.1, 0.15) is 16.6 Å². The zero-order chi connectivity index (χ0) is 14.1. The van der Waals surface area contributed by atoms with Gasteiger partial charge in [-0.2, -0.15) is 0 Å². The van der Waals surface area contributed by atoms with E-state index in [0.29, 0.717) is 18.0 Å². The Morgan fingerprint density at radius 1 is 1.47 bits per heavy atom. The van der Waals surface area contributed by atoms with Gasteiger partial charge in [0.05, 0.1) is 24.7 Å². The lowest BCUT2D eigenvalue weighted by Crippen LogP contribution is -2.45. The second-order valence-corrected chi connectivity index (χ2v) is 4.75. The molecule has 7 heteroatoms. The molecule has 106 valence electrons. The molecule has 0 bridgehead atoms. The predicted octanol–water partition coefficient (Wildman–Crippen LogP) is -0.00850. The number of thiophene rings is 1. The van der Waals surface area contributed by atoms with Gasteiger partial charge in [0, 0.05) is 6.54 Å². The van der Waals surface area contributed by atoms with E-state index in [0.717, 1.165) is 0 Å². The van der Waals surface area contributed by atoms with E-state index in [1.54, 1.807) is 24.4 Å². The van der Waals surface area contributed by atoms with Gasteiger partial charge in [0.15, 0.2) is 0 Å². The maximum Gasteiger partial charge on any atom is 0.261 e. The van der Waals surface area contributed by atoms with Crippen molar-refractivity contribution >= 4 is 23.2 Å². The van der Waals surface area contributed by atoms with E-state index in [2.05, 4.69) is 10.6 Å². The second kappa shape index (κ2) is 8.63. The standard InChI is InChI=1S/C12H18N2O4S/c1-9(11(16)13-4-6-18-7-5-15)14-12(17)10-3-2-8-19-10/h2-3,8-9,15H,4-7H2,1H3,(H,13,16)(H,14,17). The lowest BCUT2D eigenvalue weighted by atomic mass is 10.3. The van der Waals surface area contributed by atoms with E-state index in [1.165, 1.54) is 11.3 Å². The van der Waals surface area contributed by atoms with Gasteiger partial charge in [-0.25, -0.2) is 0 Å². The first-order valence-electron chi connectivity index (χ1n) is 5.96. The van der Waals surface area contributed by atoms with Crippen LogP contribution in [0, 0.1) is 0 Å². The average Bonchev–Trinajstić information content (AvgIpc) is 2.92. The third-order valence-electron chi connectivity index (χ3n) is 2.27. The van der Waals surface area contributed by atoms with Crippen molar-refractivity contribution in [1.29, 1.82) is 0 Å². The molecule has 0 fully saturated rings. The lowest BCUT2D eigenvalue weighted by Gasteiger charge is -2.13. The molecular weight excluding hydrogens is 268 g/mol. The van der Waals surface area contributed by atoms with Crippen LogP contribution in [0.5, 0.6) is 0 Å². The van der Waals surface area contributed by atoms with Gasteiger partial charge < -0.3 is 20.5 Å². The van der Waals surface area contributed by atoms with E-state index in [9.17, 15) is 9.59 Å². The summed E-state index contributed by atoms with van der Waals surface area (Å²) in [5.74, 6) is -0.522. The average molecular weight is 286 g/mol. The number of aliphatic hydroxyl groups excluding tert-OH is 1. The van der Waals surface area contributed by atoms with E-state index >= 15 is 0 Å². The summed E-state index contributed by atoms with van der Waals surface area (Å²) in [6.07, 6.45) is 0. The zero-order valence-electron chi connectivity index (χ0n) is 10.7. The quantitative estimate of drug-likeness (QED) is 0.587. The molecule has 0 aliphatic heterocycles. The highest BCUT2D eigenvalue weighted by molar-refractivity contribution is 7.12. The summed E-state index contributed by atoms with van der Waals surface area (Å²) in [4.78, 5) is 23.9. The number of carbonyl (C=O) groups excluding carboxylic acids is 2. The molecule has 0 spiro atoms. The highest BCUT2D eigenvalue weighted by atomic mass is 32.1. The van der Waals surface area contributed by atoms with Crippen LogP contribution in [0.3, 0.4) is 0 Å². The van der Waals surface area contributed by atoms with Crippen LogP contribution in [-0.2, 0) is 9.53 Å². The van der Waals surface area contributed by atoms with Crippen LogP contribution in [0.4, 0.5) is 0 Å². The fourth-order valence-corrected chi connectivity index (χ4v) is 1.93. The number of ether oxygens (including phenoxy) is 1. The molecular formula is C12H18N2O4S. The van der Waals surface area contributed by atoms with Gasteiger partial charge in [0.2, 0.25) is 5.91 Å². The molecule has 19 heavy (non-hydrogen) atoms. The largest absolute Gasteiger partial charge is 0.394 e. The fraction of sp³-hybridized carbons (Fsp3) is 0.500. The van der Waals surface area contributed by atoms with E-state index in [-0.39, 0.29) is 25.0 Å². The van der Waals surface area contributed by atoms with Crippen LogP contribution < -0.4 is 10.6 Å². The molecule has 0 radical (unpaired) electrons. The smallest absolute Gasteiger partial charge is 0.261 e. The minimum atomic E-state index is -0.604. The van der Waals surface area contributed by atoms with Crippen LogP contribution in [-0.4, -0.2) is 49.3 Å². The fourth-order valence-electron chi connectivity index (χ4n) is 1.31. The zero-order valence-corrected chi connectivity index (χ0v) is 11.5. The second-order valence-electron chi connectivity index (χ2n) is 3.80. The van der Waals surface area contributed by atoms with E-state index in [1.807, 2.05) is 0 Å². The Hall–Kier alpha value is -1.44. The molecule has 0 saturated carbocycles. The molecule has 0 aliphatic rings. The molecule has 0 aliphatic carbocycles. The van der Waals surface area contributed by atoms with Gasteiger partial charge in [-0.3, -0.25) is 9.59 Å². The van der Waals surface area contributed by atoms with Gasteiger partial charge in [-0.15, -0.1) is 11.3 Å². The maximum absolute atomic E-state index is 11.7. The topological polar surface area (TPSA) is 87.7 Å². The van der Waals surface area contributed by atoms with Crippen molar-refractivity contribution in [1.82, 2.24) is 10.6 Å². The summed E-state index contributed by atoms with van der Waals surface area (Å²) in [6, 6.07) is 2.88. The molecule has 0 saturated heterocycles. The lowest BCUT2D eigenvalue weighted by molar-refractivity contribution is -0.122. The number of hydrogen-bond acceptors (Lipinski definition) is 5. The minimum Gasteiger partial charge on any atom is -0.394 e. The Morgan fingerprint density at radius 3 is 2.89 bits per heavy atom. The van der Waals surface area contributed by atoms with Crippen LogP contribution in [0.15, 0.2) is 17.5 Å². The van der Waals surface area contributed by atoms with Gasteiger partial charge in [0.1, 0.15) is 6.04 Å². The number of hydrogen-bond donors (Lipinski definition) is 3. The van der Waals surface area contributed by atoms with Crippen molar-refractivity contribution in [3.05, 3.63) is 22.4 Å². The summed E-state index contributed by atoms with van der Waals surface area (Å²) in [7, 11) is 0. The number of carbonyl (C=O) groups is 2. The molecule has 1 unspecified atom stereocenters. The predicted molar refractivity (Wildman–Crippen MR) is 72.2 cm³/mol. The molecule has 1 aromatic rings. The third kappa shape index (κ3) is 5.82. The molecule has 6 nitrogen and oxygen atoms in total. The molecule has 1 heterocycles. The first kappa shape index (κ1) is 15.6. The highest BCUT2D eigenvalue weighted by Gasteiger charge is 2.16. The Kier molecular flexibility index (Phi) is 7.09. The van der Waals surface area contributed by atoms with Crippen molar-refractivity contribution < 1.29 is 19.4 Å². The summed E-state index contributed by atoms with van der Waals surface area (Å²) in [5.41, 5.74) is 0. The molecule has 0 aromatic carbocycles. The molecule has 3 N–H and O–H groups in total. The highest BCUT2D eigenvalue weighted by Crippen LogP contribution is 2.07. The molecule has 1 rings (SSSR count). The molecule has 2 amide bonds. The SMILES string of the molecule is CC(NC(=O)c1cccs1)C(=O)NCCOCCO. The van der Waals surface area contributed by atoms with Gasteiger partial charge in [-0.05, 0) is 18.4 Å². The van der Waals surface area contributed by atoms with Gasteiger partial charge in [-0.1, -0.05) is 6.07 Å². The molecule has 1 aromatic heterocycles. The maximum atomic E-state index is 11.7. The Morgan fingerprint density at radius 2 is 2.26 bits per heavy atom. The Bertz CT molecular complexity index is 394. The van der Waals surface area contributed by atoms with Crippen molar-refractivity contribution in [3.8, 4) is 0 Å². The number of aliphatic hydroxyl groups is 1. The number of rotatable bonds is 8.